The van der Waals surface area contributed by atoms with Gasteiger partial charge in [-0.3, -0.25) is 9.69 Å². The van der Waals surface area contributed by atoms with E-state index < -0.39 is 0 Å². The van der Waals surface area contributed by atoms with Gasteiger partial charge in [0.1, 0.15) is 0 Å². The molecule has 7 nitrogen and oxygen atoms in total. The molecule has 3 aliphatic heterocycles. The lowest BCUT2D eigenvalue weighted by atomic mass is 9.85. The number of carbonyl (C=O) groups is 1. The van der Waals surface area contributed by atoms with E-state index in [1.54, 1.807) is 7.05 Å². The normalized spacial score (nSPS) is 20.8. The summed E-state index contributed by atoms with van der Waals surface area (Å²) < 4.78 is 0. The van der Waals surface area contributed by atoms with Crippen molar-refractivity contribution in [3.63, 3.8) is 0 Å². The number of carbonyl (C=O) groups excluding carboxylic acids is 1. The smallest absolute Gasteiger partial charge is 0.225 e. The van der Waals surface area contributed by atoms with Crippen LogP contribution in [0.25, 0.3) is 0 Å². The second-order valence-electron chi connectivity index (χ2n) is 21.6. The first-order valence-corrected chi connectivity index (χ1v) is 20.5. The fraction of sp³-hybridized carbons (Fsp3) is 0.933. The van der Waals surface area contributed by atoms with Crippen LogP contribution in [0.15, 0.2) is 0 Å². The largest absolute Gasteiger partial charge is 0.359 e. The maximum atomic E-state index is 10.7. The number of nitriles is 2. The zero-order valence-electron chi connectivity index (χ0n) is 39.2. The lowest BCUT2D eigenvalue weighted by molar-refractivity contribution is -0.127. The first-order valence-electron chi connectivity index (χ1n) is 20.5. The minimum Gasteiger partial charge on any atom is -0.359 e. The molecule has 308 valence electrons. The Balaban J connectivity index is -0.000000564. The Labute approximate surface area is 327 Å². The molecule has 1 amide bonds. The number of rotatable bonds is 0. The van der Waals surface area contributed by atoms with E-state index in [9.17, 15) is 4.79 Å². The molecule has 0 spiro atoms. The van der Waals surface area contributed by atoms with E-state index in [2.05, 4.69) is 147 Å². The van der Waals surface area contributed by atoms with Crippen LogP contribution in [-0.4, -0.2) is 71.0 Å². The Morgan fingerprint density at radius 1 is 0.615 bits per heavy atom. The van der Waals surface area contributed by atoms with Gasteiger partial charge in [-0.25, -0.2) is 0 Å². The van der Waals surface area contributed by atoms with Crippen LogP contribution in [-0.2, 0) is 4.79 Å². The van der Waals surface area contributed by atoms with Gasteiger partial charge >= 0.3 is 0 Å². The Morgan fingerprint density at radius 3 is 1.04 bits per heavy atom. The van der Waals surface area contributed by atoms with Gasteiger partial charge in [0, 0.05) is 49.2 Å². The van der Waals surface area contributed by atoms with E-state index in [0.29, 0.717) is 28.5 Å². The third kappa shape index (κ3) is 25.9. The molecule has 0 bridgehead atoms. The molecule has 3 saturated heterocycles. The molecular formula is C45H92N6O. The van der Waals surface area contributed by atoms with Gasteiger partial charge in [-0.15, -0.1) is 0 Å². The minimum absolute atomic E-state index is 0.0810. The maximum Gasteiger partial charge on any atom is 0.225 e. The van der Waals surface area contributed by atoms with E-state index in [1.807, 2.05) is 30.6 Å². The summed E-state index contributed by atoms with van der Waals surface area (Å²) in [7, 11) is 1.65. The van der Waals surface area contributed by atoms with Crippen molar-refractivity contribution in [2.24, 2.45) is 27.1 Å². The van der Waals surface area contributed by atoms with Crippen LogP contribution >= 0.6 is 0 Å². The summed E-state index contributed by atoms with van der Waals surface area (Å²) in [5.41, 5.74) is 1.74. The third-order valence-corrected chi connectivity index (χ3v) is 10.2. The average molecular weight is 733 g/mol. The molecule has 3 heterocycles. The molecule has 0 aromatic heterocycles. The average Bonchev–Trinajstić information content (AvgIpc) is 3.77. The second kappa shape index (κ2) is 23.7. The standard InChI is InChI=1S/2C9H16N2.C9H19N.C6H13NO.2C6H14/c2*1-9(2,3)8-5-4-6-11(8)7-10;1-8-6-5-7-10(8)9(2,3)4;1-6(2,3)5(8)7-4;2*1-5-6(2,3)4/h2*8H,4-6H2,1-3H3;8H,5-7H2,1-4H3;1-4H3,(H,7,8);2*5H2,1-4H3. The minimum atomic E-state index is -0.241. The van der Waals surface area contributed by atoms with Crippen molar-refractivity contribution in [2.75, 3.05) is 26.7 Å². The number of nitrogens with one attached hydrogen (secondary N) is 1. The molecule has 3 atom stereocenters. The van der Waals surface area contributed by atoms with Crippen LogP contribution in [0.4, 0.5) is 0 Å². The molecule has 52 heavy (non-hydrogen) atoms. The summed E-state index contributed by atoms with van der Waals surface area (Å²) in [6.07, 6.45) is 14.5. The summed E-state index contributed by atoms with van der Waals surface area (Å²) in [6, 6.07) is 1.74. The number of hydrogen-bond donors (Lipinski definition) is 1. The third-order valence-electron chi connectivity index (χ3n) is 10.2. The van der Waals surface area contributed by atoms with Gasteiger partial charge in [0.15, 0.2) is 12.4 Å². The van der Waals surface area contributed by atoms with Gasteiger partial charge in [0.2, 0.25) is 5.91 Å². The predicted octanol–water partition coefficient (Wildman–Crippen LogP) is 11.9. The fourth-order valence-corrected chi connectivity index (χ4v) is 5.88. The Kier molecular flexibility index (Phi) is 24.8. The highest BCUT2D eigenvalue weighted by atomic mass is 16.2. The van der Waals surface area contributed by atoms with Crippen molar-refractivity contribution in [3.8, 4) is 12.4 Å². The predicted molar refractivity (Wildman–Crippen MR) is 228 cm³/mol. The van der Waals surface area contributed by atoms with Crippen molar-refractivity contribution in [1.29, 1.82) is 10.5 Å². The van der Waals surface area contributed by atoms with Crippen molar-refractivity contribution < 1.29 is 4.79 Å². The van der Waals surface area contributed by atoms with E-state index in [1.165, 1.54) is 57.9 Å². The molecule has 1 N–H and O–H groups in total. The molecular weight excluding hydrogens is 641 g/mol. The number of nitrogens with zero attached hydrogens (tertiary/aromatic N) is 5. The number of amides is 1. The van der Waals surface area contributed by atoms with Gasteiger partial charge in [-0.05, 0) is 94.4 Å². The van der Waals surface area contributed by atoms with Gasteiger partial charge < -0.3 is 15.1 Å². The molecule has 0 saturated carbocycles. The quantitative estimate of drug-likeness (QED) is 0.250. The molecule has 3 rings (SSSR count). The summed E-state index contributed by atoms with van der Waals surface area (Å²) in [5, 5.41) is 20.1. The van der Waals surface area contributed by atoms with E-state index in [4.69, 9.17) is 10.5 Å². The molecule has 0 aromatic rings. The van der Waals surface area contributed by atoms with Crippen molar-refractivity contribution in [3.05, 3.63) is 0 Å². The first-order chi connectivity index (χ1) is 23.2. The van der Waals surface area contributed by atoms with Crippen molar-refractivity contribution in [1.82, 2.24) is 20.0 Å². The number of likely N-dealkylation sites (tertiary alicyclic amines) is 3. The lowest BCUT2D eigenvalue weighted by Crippen LogP contribution is -2.43. The van der Waals surface area contributed by atoms with Crippen LogP contribution in [0.2, 0.25) is 0 Å². The lowest BCUT2D eigenvalue weighted by Gasteiger charge is -2.35. The van der Waals surface area contributed by atoms with Gasteiger partial charge in [0.05, 0.1) is 0 Å². The van der Waals surface area contributed by atoms with Crippen LogP contribution in [0, 0.1) is 50.0 Å². The van der Waals surface area contributed by atoms with Crippen LogP contribution in [0.3, 0.4) is 0 Å². The molecule has 3 aliphatic rings. The van der Waals surface area contributed by atoms with E-state index >= 15 is 0 Å². The molecule has 3 unspecified atom stereocenters. The summed E-state index contributed by atoms with van der Waals surface area (Å²) in [6.45, 7) is 49.2. The fourth-order valence-electron chi connectivity index (χ4n) is 5.88. The zero-order chi connectivity index (χ0) is 41.9. The topological polar surface area (TPSA) is 86.4 Å². The Morgan fingerprint density at radius 2 is 0.923 bits per heavy atom. The summed E-state index contributed by atoms with van der Waals surface area (Å²) in [5.74, 6) is 0.0810. The molecule has 7 heteroatoms. The molecule has 0 radical (unpaired) electrons. The van der Waals surface area contributed by atoms with Gasteiger partial charge in [-0.1, -0.05) is 131 Å². The Bertz CT molecular complexity index is 972. The first kappa shape index (κ1) is 54.4. The summed E-state index contributed by atoms with van der Waals surface area (Å²) >= 11 is 0. The highest BCUT2D eigenvalue weighted by Crippen LogP contribution is 2.33. The molecule has 3 fully saturated rings. The van der Waals surface area contributed by atoms with Gasteiger partial charge in [-0.2, -0.15) is 10.5 Å². The van der Waals surface area contributed by atoms with Gasteiger partial charge in [0.25, 0.3) is 0 Å². The van der Waals surface area contributed by atoms with Crippen LogP contribution in [0.1, 0.15) is 197 Å². The second-order valence-corrected chi connectivity index (χ2v) is 21.6. The van der Waals surface area contributed by atoms with Crippen LogP contribution in [0.5, 0.6) is 0 Å². The van der Waals surface area contributed by atoms with E-state index in [0.717, 1.165) is 19.1 Å². The van der Waals surface area contributed by atoms with Crippen molar-refractivity contribution >= 4 is 5.91 Å². The molecule has 0 aromatic carbocycles. The SMILES string of the molecule is CC(C)(C)C1CCCN1C#N.CC(C)(C)C1CCCN1C#N.CC1CCCN1C(C)(C)C.CCC(C)(C)C.CCC(C)(C)C.CNC(=O)C(C)(C)C. The maximum absolute atomic E-state index is 10.7. The molecule has 0 aliphatic carbocycles. The van der Waals surface area contributed by atoms with E-state index in [-0.39, 0.29) is 22.2 Å². The van der Waals surface area contributed by atoms with Crippen molar-refractivity contribution in [2.45, 2.75) is 220 Å². The monoisotopic (exact) mass is 733 g/mol. The highest BCUT2D eigenvalue weighted by molar-refractivity contribution is 5.80. The number of hydrogen-bond acceptors (Lipinski definition) is 6. The zero-order valence-corrected chi connectivity index (χ0v) is 39.2. The van der Waals surface area contributed by atoms with Crippen LogP contribution < -0.4 is 5.32 Å². The highest BCUT2D eigenvalue weighted by Gasteiger charge is 2.34. The Hall–Kier alpha value is -1.99. The summed E-state index contributed by atoms with van der Waals surface area (Å²) in [4.78, 5) is 17.1.